The second-order valence-corrected chi connectivity index (χ2v) is 6.47. The molecule has 1 heterocycles. The lowest BCUT2D eigenvalue weighted by atomic mass is 9.82. The number of aromatic nitrogens is 2. The fourth-order valence-electron chi connectivity index (χ4n) is 2.27. The number of imidazole rings is 1. The van der Waals surface area contributed by atoms with Crippen LogP contribution in [0.15, 0.2) is 12.5 Å². The molecule has 0 aliphatic rings. The third-order valence-electron chi connectivity index (χ3n) is 2.64. The Labute approximate surface area is 99.3 Å². The van der Waals surface area contributed by atoms with Crippen molar-refractivity contribution in [2.24, 2.45) is 12.5 Å². The van der Waals surface area contributed by atoms with Crippen LogP contribution >= 0.6 is 0 Å². The topological polar surface area (TPSA) is 29.9 Å². The summed E-state index contributed by atoms with van der Waals surface area (Å²) in [5.41, 5.74) is 1.73. The van der Waals surface area contributed by atoms with Gasteiger partial charge in [-0.25, -0.2) is 4.98 Å². The number of nitrogens with one attached hydrogen (secondary N) is 1. The lowest BCUT2D eigenvalue weighted by Gasteiger charge is -2.33. The molecule has 0 unspecified atom stereocenters. The minimum Gasteiger partial charge on any atom is -0.337 e. The summed E-state index contributed by atoms with van der Waals surface area (Å²) in [5, 5.41) is 3.60. The molecule has 0 saturated carbocycles. The minimum atomic E-state index is 0.155. The van der Waals surface area contributed by atoms with Gasteiger partial charge in [-0.05, 0) is 25.7 Å². The lowest BCUT2D eigenvalue weighted by molar-refractivity contribution is 0.239. The van der Waals surface area contributed by atoms with Crippen LogP contribution < -0.4 is 5.32 Å². The van der Waals surface area contributed by atoms with E-state index in [9.17, 15) is 0 Å². The first-order chi connectivity index (χ1) is 7.20. The van der Waals surface area contributed by atoms with Crippen LogP contribution in [0.1, 0.15) is 46.7 Å². The van der Waals surface area contributed by atoms with E-state index >= 15 is 0 Å². The predicted molar refractivity (Wildman–Crippen MR) is 68.2 cm³/mol. The van der Waals surface area contributed by atoms with Crippen molar-refractivity contribution in [1.29, 1.82) is 0 Å². The molecule has 0 aliphatic carbocycles. The quantitative estimate of drug-likeness (QED) is 0.850. The highest BCUT2D eigenvalue weighted by molar-refractivity contribution is 4.98. The summed E-state index contributed by atoms with van der Waals surface area (Å²) in [6, 6.07) is 0. The molecule has 1 N–H and O–H groups in total. The molecule has 0 aromatic carbocycles. The summed E-state index contributed by atoms with van der Waals surface area (Å²) in [7, 11) is 2.03. The van der Waals surface area contributed by atoms with Gasteiger partial charge in [0.1, 0.15) is 0 Å². The van der Waals surface area contributed by atoms with Gasteiger partial charge < -0.3 is 9.88 Å². The van der Waals surface area contributed by atoms with E-state index in [1.807, 2.05) is 19.6 Å². The molecular weight excluding hydrogens is 198 g/mol. The first kappa shape index (κ1) is 13.2. The molecule has 0 fully saturated rings. The van der Waals surface area contributed by atoms with Crippen molar-refractivity contribution in [3.63, 3.8) is 0 Å². The molecule has 0 saturated heterocycles. The van der Waals surface area contributed by atoms with Crippen molar-refractivity contribution in [3.8, 4) is 0 Å². The fraction of sp³-hybridized carbons (Fsp3) is 0.769. The van der Waals surface area contributed by atoms with Gasteiger partial charge in [0.25, 0.3) is 0 Å². The average molecular weight is 223 g/mol. The molecule has 3 heteroatoms. The van der Waals surface area contributed by atoms with Crippen molar-refractivity contribution < 1.29 is 0 Å². The molecule has 1 rings (SSSR count). The van der Waals surface area contributed by atoms with Crippen molar-refractivity contribution in [2.75, 3.05) is 0 Å². The van der Waals surface area contributed by atoms with E-state index in [4.69, 9.17) is 0 Å². The summed E-state index contributed by atoms with van der Waals surface area (Å²) >= 11 is 0. The highest BCUT2D eigenvalue weighted by atomic mass is 15.1. The standard InChI is InChI=1S/C13H25N3/c1-12(2,3)9-13(4,5)15-8-11-7-14-10-16(11)6/h7,10,15H,8-9H2,1-6H3. The monoisotopic (exact) mass is 223 g/mol. The van der Waals surface area contributed by atoms with Gasteiger partial charge in [0.2, 0.25) is 0 Å². The number of rotatable bonds is 4. The maximum atomic E-state index is 4.12. The van der Waals surface area contributed by atoms with Gasteiger partial charge in [0.05, 0.1) is 12.0 Å². The van der Waals surface area contributed by atoms with E-state index in [1.165, 1.54) is 5.69 Å². The molecule has 0 radical (unpaired) electrons. The number of hydrogen-bond donors (Lipinski definition) is 1. The van der Waals surface area contributed by atoms with Crippen LogP contribution in [0.3, 0.4) is 0 Å². The second kappa shape index (κ2) is 4.58. The smallest absolute Gasteiger partial charge is 0.0945 e. The minimum absolute atomic E-state index is 0.155. The van der Waals surface area contributed by atoms with Gasteiger partial charge in [-0.2, -0.15) is 0 Å². The Morgan fingerprint density at radius 3 is 2.31 bits per heavy atom. The van der Waals surface area contributed by atoms with Crippen LogP contribution in [-0.2, 0) is 13.6 Å². The van der Waals surface area contributed by atoms with Crippen LogP contribution in [0.4, 0.5) is 0 Å². The van der Waals surface area contributed by atoms with E-state index in [0.717, 1.165) is 13.0 Å². The molecule has 0 bridgehead atoms. The largest absolute Gasteiger partial charge is 0.337 e. The summed E-state index contributed by atoms with van der Waals surface area (Å²) in [5.74, 6) is 0. The molecule has 3 nitrogen and oxygen atoms in total. The van der Waals surface area contributed by atoms with Crippen molar-refractivity contribution in [2.45, 2.75) is 53.1 Å². The third-order valence-corrected chi connectivity index (χ3v) is 2.64. The van der Waals surface area contributed by atoms with E-state index in [1.54, 1.807) is 0 Å². The Kier molecular flexibility index (Phi) is 3.79. The SMILES string of the molecule is Cn1cncc1CNC(C)(C)CC(C)(C)C. The Bertz CT molecular complexity index is 331. The van der Waals surface area contributed by atoms with Gasteiger partial charge in [-0.15, -0.1) is 0 Å². The molecule has 0 amide bonds. The van der Waals surface area contributed by atoms with Crippen LogP contribution in [0.25, 0.3) is 0 Å². The molecule has 0 spiro atoms. The Hall–Kier alpha value is -0.830. The lowest BCUT2D eigenvalue weighted by Crippen LogP contribution is -2.42. The maximum Gasteiger partial charge on any atom is 0.0945 e. The number of hydrogen-bond acceptors (Lipinski definition) is 2. The molecule has 1 aromatic rings. The van der Waals surface area contributed by atoms with Crippen molar-refractivity contribution >= 4 is 0 Å². The molecule has 1 aromatic heterocycles. The molecule has 0 aliphatic heterocycles. The van der Waals surface area contributed by atoms with Crippen LogP contribution in [-0.4, -0.2) is 15.1 Å². The highest BCUT2D eigenvalue weighted by Gasteiger charge is 2.24. The van der Waals surface area contributed by atoms with E-state index in [-0.39, 0.29) is 5.54 Å². The van der Waals surface area contributed by atoms with Crippen molar-refractivity contribution in [3.05, 3.63) is 18.2 Å². The second-order valence-electron chi connectivity index (χ2n) is 6.47. The average Bonchev–Trinajstić information content (AvgIpc) is 2.43. The fourth-order valence-corrected chi connectivity index (χ4v) is 2.27. The summed E-state index contributed by atoms with van der Waals surface area (Å²) in [4.78, 5) is 4.12. The van der Waals surface area contributed by atoms with Gasteiger partial charge in [0, 0.05) is 25.3 Å². The zero-order valence-electron chi connectivity index (χ0n) is 11.5. The number of nitrogens with zero attached hydrogens (tertiary/aromatic N) is 2. The van der Waals surface area contributed by atoms with Crippen LogP contribution in [0.2, 0.25) is 0 Å². The van der Waals surface area contributed by atoms with Gasteiger partial charge in [-0.3, -0.25) is 0 Å². The Morgan fingerprint density at radius 1 is 1.25 bits per heavy atom. The first-order valence-electron chi connectivity index (χ1n) is 5.90. The first-order valence-corrected chi connectivity index (χ1v) is 5.90. The molecule has 16 heavy (non-hydrogen) atoms. The van der Waals surface area contributed by atoms with E-state index in [0.29, 0.717) is 5.41 Å². The summed E-state index contributed by atoms with van der Waals surface area (Å²) in [6.45, 7) is 12.2. The highest BCUT2D eigenvalue weighted by Crippen LogP contribution is 2.26. The maximum absolute atomic E-state index is 4.12. The number of aryl methyl sites for hydroxylation is 1. The molecule has 0 atom stereocenters. The van der Waals surface area contributed by atoms with Crippen molar-refractivity contribution in [1.82, 2.24) is 14.9 Å². The van der Waals surface area contributed by atoms with E-state index < -0.39 is 0 Å². The van der Waals surface area contributed by atoms with Gasteiger partial charge >= 0.3 is 0 Å². The Morgan fingerprint density at radius 2 is 1.88 bits per heavy atom. The van der Waals surface area contributed by atoms with E-state index in [2.05, 4.69) is 49.5 Å². The summed E-state index contributed by atoms with van der Waals surface area (Å²) in [6.07, 6.45) is 4.91. The third kappa shape index (κ3) is 4.35. The molecule has 92 valence electrons. The zero-order chi connectivity index (χ0) is 12.4. The predicted octanol–water partition coefficient (Wildman–Crippen LogP) is 2.72. The zero-order valence-corrected chi connectivity index (χ0v) is 11.5. The van der Waals surface area contributed by atoms with Gasteiger partial charge in [-0.1, -0.05) is 20.8 Å². The normalized spacial score (nSPS) is 13.1. The van der Waals surface area contributed by atoms with Gasteiger partial charge in [0.15, 0.2) is 0 Å². The van der Waals surface area contributed by atoms with Crippen LogP contribution in [0.5, 0.6) is 0 Å². The Balaban J connectivity index is 2.51. The summed E-state index contributed by atoms with van der Waals surface area (Å²) < 4.78 is 2.06. The van der Waals surface area contributed by atoms with Crippen LogP contribution in [0, 0.1) is 5.41 Å². The molecular formula is C13H25N3.